The lowest BCUT2D eigenvalue weighted by Crippen LogP contribution is -2.17. The van der Waals surface area contributed by atoms with Crippen molar-refractivity contribution in [2.45, 2.75) is 0 Å². The van der Waals surface area contributed by atoms with Crippen molar-refractivity contribution in [1.29, 1.82) is 0 Å². The fourth-order valence-electron chi connectivity index (χ4n) is 1.60. The van der Waals surface area contributed by atoms with E-state index in [1.807, 2.05) is 4.70 Å². The summed E-state index contributed by atoms with van der Waals surface area (Å²) in [6.45, 7) is 2.13. The number of alkyl halides is 1. The number of carbonyl (C=O) groups is 1. The first kappa shape index (κ1) is 11.8. The lowest BCUT2D eigenvalue weighted by Gasteiger charge is -2.02. The summed E-state index contributed by atoms with van der Waals surface area (Å²) < 4.78 is 6.51. The molecule has 0 bridgehead atoms. The number of nitrogens with zero attached hydrogens (tertiary/aromatic N) is 4. The Hall–Kier alpha value is -1.63. The zero-order valence-corrected chi connectivity index (χ0v) is 10.1. The second-order valence-electron chi connectivity index (χ2n) is 3.48. The fraction of sp³-hybridized carbons (Fsp3) is 0.556. The summed E-state index contributed by atoms with van der Waals surface area (Å²) in [7, 11) is 1.33. The number of H-pyrrole nitrogens is 1. The van der Waals surface area contributed by atoms with Gasteiger partial charge in [0.2, 0.25) is 0 Å². The summed E-state index contributed by atoms with van der Waals surface area (Å²) >= 11 is 5.64. The molecule has 2 heterocycles. The molecule has 0 amide bonds. The molecule has 1 aliphatic heterocycles. The third-order valence-electron chi connectivity index (χ3n) is 2.43. The van der Waals surface area contributed by atoms with Crippen molar-refractivity contribution in [2.75, 3.05) is 37.6 Å². The normalized spacial score (nSPS) is 14.9. The van der Waals surface area contributed by atoms with Crippen LogP contribution in [0.25, 0.3) is 0 Å². The molecular formula is C9H13ClN5O2+. The Labute approximate surface area is 103 Å². The summed E-state index contributed by atoms with van der Waals surface area (Å²) in [6.07, 6.45) is 1.43. The average molecular weight is 259 g/mol. The monoisotopic (exact) mass is 258 g/mol. The quantitative estimate of drug-likeness (QED) is 0.489. The van der Waals surface area contributed by atoms with Gasteiger partial charge in [0, 0.05) is 0 Å². The molecule has 0 aromatic carbocycles. The number of aromatic nitrogens is 2. The van der Waals surface area contributed by atoms with Gasteiger partial charge in [-0.3, -0.25) is 0 Å². The van der Waals surface area contributed by atoms with E-state index in [-0.39, 0.29) is 0 Å². The summed E-state index contributed by atoms with van der Waals surface area (Å²) in [4.78, 5) is 11.5. The third-order valence-corrected chi connectivity index (χ3v) is 2.60. The van der Waals surface area contributed by atoms with Crippen molar-refractivity contribution in [1.82, 2.24) is 10.2 Å². The van der Waals surface area contributed by atoms with Crippen LogP contribution in [0.4, 0.5) is 5.82 Å². The molecular weight excluding hydrogens is 246 g/mol. The molecule has 0 atom stereocenters. The maximum Gasteiger partial charge on any atom is 0.345 e. The Morgan fingerprint density at radius 1 is 1.76 bits per heavy atom. The Balaban J connectivity index is 2.19. The molecule has 17 heavy (non-hydrogen) atoms. The third kappa shape index (κ3) is 2.38. The maximum absolute atomic E-state index is 11.5. The zero-order chi connectivity index (χ0) is 12.3. The average Bonchev–Trinajstić information content (AvgIpc) is 2.95. The molecule has 0 aliphatic carbocycles. The van der Waals surface area contributed by atoms with Crippen LogP contribution >= 0.6 is 11.6 Å². The molecule has 0 radical (unpaired) electrons. The van der Waals surface area contributed by atoms with Gasteiger partial charge in [-0.2, -0.15) is 9.80 Å². The number of aromatic amines is 1. The fourth-order valence-corrected chi connectivity index (χ4v) is 1.79. The number of esters is 1. The lowest BCUT2D eigenvalue weighted by molar-refractivity contribution is -0.575. The second-order valence-corrected chi connectivity index (χ2v) is 3.86. The Bertz CT molecular complexity index is 444. The van der Waals surface area contributed by atoms with Crippen molar-refractivity contribution < 1.29 is 14.2 Å². The Morgan fingerprint density at radius 3 is 3.29 bits per heavy atom. The molecule has 0 fully saturated rings. The number of rotatable bonds is 4. The molecule has 2 rings (SSSR count). The number of halogens is 1. The smallest absolute Gasteiger partial charge is 0.345 e. The number of anilines is 1. The molecule has 0 spiro atoms. The van der Waals surface area contributed by atoms with Crippen LogP contribution in [0.2, 0.25) is 0 Å². The molecule has 0 saturated carbocycles. The van der Waals surface area contributed by atoms with Crippen LogP contribution in [0.1, 0.15) is 10.4 Å². The van der Waals surface area contributed by atoms with E-state index in [9.17, 15) is 4.79 Å². The standard InChI is InChI=1S/C9H12ClN5O2/c1-17-9(16)7-6-11-12-8(7)15-5-4-14(13-15)3-2-10/h6H,2-5H2,1H3/p+1. The van der Waals surface area contributed by atoms with Crippen LogP contribution in [0.15, 0.2) is 11.4 Å². The van der Waals surface area contributed by atoms with Crippen LogP contribution in [-0.4, -0.2) is 53.5 Å². The van der Waals surface area contributed by atoms with Crippen molar-refractivity contribution in [3.05, 3.63) is 11.8 Å². The van der Waals surface area contributed by atoms with Gasteiger partial charge in [0.05, 0.1) is 24.4 Å². The largest absolute Gasteiger partial charge is 0.465 e. The molecule has 1 aliphatic rings. The number of hydrogen-bond donors (Lipinski definition) is 1. The van der Waals surface area contributed by atoms with Gasteiger partial charge in [0.25, 0.3) is 5.82 Å². The number of nitrogens with one attached hydrogen (secondary N) is 1. The van der Waals surface area contributed by atoms with Gasteiger partial charge < -0.3 is 4.74 Å². The highest BCUT2D eigenvalue weighted by atomic mass is 35.5. The van der Waals surface area contributed by atoms with E-state index in [2.05, 4.69) is 20.2 Å². The van der Waals surface area contributed by atoms with E-state index < -0.39 is 5.97 Å². The van der Waals surface area contributed by atoms with E-state index >= 15 is 0 Å². The second kappa shape index (κ2) is 5.13. The van der Waals surface area contributed by atoms with Crippen molar-refractivity contribution in [3.63, 3.8) is 0 Å². The minimum atomic E-state index is -0.431. The van der Waals surface area contributed by atoms with Crippen LogP contribution in [-0.2, 0) is 4.74 Å². The van der Waals surface area contributed by atoms with E-state index in [4.69, 9.17) is 11.6 Å². The summed E-state index contributed by atoms with van der Waals surface area (Å²) in [5.41, 5.74) is 0.379. The summed E-state index contributed by atoms with van der Waals surface area (Å²) in [6, 6.07) is 0. The number of ether oxygens (including phenoxy) is 1. The first-order valence-electron chi connectivity index (χ1n) is 5.18. The van der Waals surface area contributed by atoms with E-state index in [0.717, 1.165) is 6.54 Å². The SMILES string of the molecule is COC(=O)c1cn[nH]c1N1CC[N+](CCCl)=N1. The molecule has 1 aromatic heterocycles. The molecule has 92 valence electrons. The van der Waals surface area contributed by atoms with Gasteiger partial charge in [-0.25, -0.2) is 9.89 Å². The van der Waals surface area contributed by atoms with Gasteiger partial charge in [-0.1, -0.05) is 0 Å². The zero-order valence-electron chi connectivity index (χ0n) is 9.39. The Morgan fingerprint density at radius 2 is 2.59 bits per heavy atom. The maximum atomic E-state index is 11.5. The number of methoxy groups -OCH3 is 1. The summed E-state index contributed by atoms with van der Waals surface area (Å²) in [5.74, 6) is 0.637. The minimum absolute atomic E-state index is 0.379. The molecule has 0 saturated heterocycles. The topological polar surface area (TPSA) is 73.6 Å². The van der Waals surface area contributed by atoms with Crippen molar-refractivity contribution >= 4 is 23.4 Å². The Kier molecular flexibility index (Phi) is 3.58. The van der Waals surface area contributed by atoms with Crippen LogP contribution in [0.5, 0.6) is 0 Å². The number of hydrogen-bond acceptors (Lipinski definition) is 5. The summed E-state index contributed by atoms with van der Waals surface area (Å²) in [5, 5.41) is 12.6. The molecule has 0 unspecified atom stereocenters. The first-order valence-corrected chi connectivity index (χ1v) is 5.71. The van der Waals surface area contributed by atoms with Crippen molar-refractivity contribution in [3.8, 4) is 0 Å². The molecule has 7 nitrogen and oxygen atoms in total. The lowest BCUT2D eigenvalue weighted by atomic mass is 10.3. The van der Waals surface area contributed by atoms with Gasteiger partial charge >= 0.3 is 5.97 Å². The predicted octanol–water partition coefficient (Wildman–Crippen LogP) is 0.635. The van der Waals surface area contributed by atoms with E-state index in [1.54, 1.807) is 5.01 Å². The number of carbonyl (C=O) groups excluding carboxylic acids is 1. The minimum Gasteiger partial charge on any atom is -0.465 e. The van der Waals surface area contributed by atoms with E-state index in [0.29, 0.717) is 30.4 Å². The van der Waals surface area contributed by atoms with E-state index in [1.165, 1.54) is 13.3 Å². The highest BCUT2D eigenvalue weighted by Crippen LogP contribution is 2.20. The van der Waals surface area contributed by atoms with Gasteiger partial charge in [-0.05, 0) is 0 Å². The highest BCUT2D eigenvalue weighted by Gasteiger charge is 2.30. The molecule has 1 N–H and O–H groups in total. The van der Waals surface area contributed by atoms with Crippen LogP contribution in [0.3, 0.4) is 0 Å². The molecule has 8 heteroatoms. The van der Waals surface area contributed by atoms with Gasteiger partial charge in [-0.15, -0.1) is 16.6 Å². The predicted molar refractivity (Wildman–Crippen MR) is 60.4 cm³/mol. The van der Waals surface area contributed by atoms with Crippen molar-refractivity contribution in [2.24, 2.45) is 5.22 Å². The van der Waals surface area contributed by atoms with Gasteiger partial charge in [0.1, 0.15) is 18.7 Å². The van der Waals surface area contributed by atoms with Crippen LogP contribution in [0, 0.1) is 0 Å². The first-order chi connectivity index (χ1) is 8.26. The molecule has 1 aromatic rings. The van der Waals surface area contributed by atoms with Gasteiger partial charge in [0.15, 0.2) is 6.54 Å². The van der Waals surface area contributed by atoms with Crippen LogP contribution < -0.4 is 5.01 Å². The highest BCUT2D eigenvalue weighted by molar-refractivity contribution is 6.17.